The molecule has 0 saturated carbocycles. The monoisotopic (exact) mass is 560 g/mol. The maximum Gasteiger partial charge on any atom is 0.338 e. The average molecular weight is 561 g/mol. The fourth-order valence-corrected chi connectivity index (χ4v) is 5.79. The van der Waals surface area contributed by atoms with Crippen LogP contribution in [-0.2, 0) is 27.1 Å². The van der Waals surface area contributed by atoms with Gasteiger partial charge < -0.3 is 24.7 Å². The summed E-state index contributed by atoms with van der Waals surface area (Å²) >= 11 is 1.29. The van der Waals surface area contributed by atoms with Crippen LogP contribution >= 0.6 is 11.8 Å². The lowest BCUT2D eigenvalue weighted by atomic mass is 9.83. The summed E-state index contributed by atoms with van der Waals surface area (Å²) in [6, 6.07) is 11.4. The minimum absolute atomic E-state index is 0.0700. The van der Waals surface area contributed by atoms with Crippen molar-refractivity contribution in [2.24, 2.45) is 5.73 Å². The van der Waals surface area contributed by atoms with Gasteiger partial charge in [0, 0.05) is 11.8 Å². The highest BCUT2D eigenvalue weighted by atomic mass is 32.2. The molecule has 2 N–H and O–H groups in total. The number of fused-ring (bicyclic) bond motifs is 1. The number of nitriles is 2. The molecule has 0 fully saturated rings. The SMILES string of the molecule is COc1cc(OC)cc(C2C(C#N)=C(N)OC(CSc3nc4c(cc3C#N)CCCCC4)=C2C(=O)OC(C)C)c1. The molecule has 1 aromatic carbocycles. The Morgan fingerprint density at radius 2 is 1.80 bits per heavy atom. The summed E-state index contributed by atoms with van der Waals surface area (Å²) in [6.07, 6.45) is 4.62. The minimum atomic E-state index is -0.889. The molecule has 10 heteroatoms. The summed E-state index contributed by atoms with van der Waals surface area (Å²) in [4.78, 5) is 18.4. The summed E-state index contributed by atoms with van der Waals surface area (Å²) < 4.78 is 22.4. The van der Waals surface area contributed by atoms with E-state index in [1.807, 2.05) is 6.07 Å². The zero-order valence-electron chi connectivity index (χ0n) is 23.1. The largest absolute Gasteiger partial charge is 0.497 e. The Morgan fingerprint density at radius 1 is 1.10 bits per heavy atom. The highest BCUT2D eigenvalue weighted by Gasteiger charge is 2.38. The molecule has 0 amide bonds. The Labute approximate surface area is 238 Å². The van der Waals surface area contributed by atoms with E-state index in [2.05, 4.69) is 12.1 Å². The first-order valence-corrected chi connectivity index (χ1v) is 14.1. The van der Waals surface area contributed by atoms with Crippen molar-refractivity contribution in [3.05, 3.63) is 69.4 Å². The van der Waals surface area contributed by atoms with Crippen molar-refractivity contribution >= 4 is 17.7 Å². The van der Waals surface area contributed by atoms with Crippen LogP contribution in [0, 0.1) is 22.7 Å². The van der Waals surface area contributed by atoms with E-state index in [0.29, 0.717) is 27.7 Å². The van der Waals surface area contributed by atoms with Gasteiger partial charge >= 0.3 is 5.97 Å². The van der Waals surface area contributed by atoms with Gasteiger partial charge in [0.25, 0.3) is 0 Å². The van der Waals surface area contributed by atoms with Gasteiger partial charge in [-0.2, -0.15) is 10.5 Å². The van der Waals surface area contributed by atoms with Gasteiger partial charge in [-0.3, -0.25) is 0 Å². The van der Waals surface area contributed by atoms with Crippen LogP contribution in [-0.4, -0.2) is 37.0 Å². The molecule has 0 bridgehead atoms. The van der Waals surface area contributed by atoms with Crippen molar-refractivity contribution < 1.29 is 23.7 Å². The first kappa shape index (κ1) is 28.8. The van der Waals surface area contributed by atoms with E-state index in [-0.39, 0.29) is 28.5 Å². The van der Waals surface area contributed by atoms with Gasteiger partial charge in [0.2, 0.25) is 5.88 Å². The predicted octanol–water partition coefficient (Wildman–Crippen LogP) is 5.05. The number of pyridine rings is 1. The van der Waals surface area contributed by atoms with Crippen molar-refractivity contribution in [3.8, 4) is 23.6 Å². The molecule has 2 aliphatic rings. The molecule has 1 unspecified atom stereocenters. The molecular formula is C30H32N4O5S. The maximum absolute atomic E-state index is 13.6. The lowest BCUT2D eigenvalue weighted by Crippen LogP contribution is -2.28. The molecule has 0 saturated heterocycles. The van der Waals surface area contributed by atoms with Gasteiger partial charge in [0.05, 0.1) is 43.1 Å². The number of carbonyl (C=O) groups is 1. The molecule has 4 rings (SSSR count). The van der Waals surface area contributed by atoms with E-state index < -0.39 is 18.0 Å². The van der Waals surface area contributed by atoms with Crippen molar-refractivity contribution in [2.45, 2.75) is 63.0 Å². The summed E-state index contributed by atoms with van der Waals surface area (Å²) in [5, 5.41) is 20.5. The van der Waals surface area contributed by atoms with Gasteiger partial charge in [-0.25, -0.2) is 9.78 Å². The minimum Gasteiger partial charge on any atom is -0.497 e. The number of nitrogens with two attached hydrogens (primary N) is 1. The predicted molar refractivity (Wildman–Crippen MR) is 149 cm³/mol. The summed E-state index contributed by atoms with van der Waals surface area (Å²) in [7, 11) is 3.04. The smallest absolute Gasteiger partial charge is 0.338 e. The number of esters is 1. The number of hydrogen-bond acceptors (Lipinski definition) is 10. The van der Waals surface area contributed by atoms with Crippen LogP contribution in [0.15, 0.2) is 52.1 Å². The van der Waals surface area contributed by atoms with Crippen molar-refractivity contribution in [1.82, 2.24) is 4.98 Å². The van der Waals surface area contributed by atoms with E-state index in [4.69, 9.17) is 29.7 Å². The fraction of sp³-hybridized carbons (Fsp3) is 0.400. The van der Waals surface area contributed by atoms with E-state index in [1.165, 1.54) is 26.0 Å². The number of aromatic nitrogens is 1. The van der Waals surface area contributed by atoms with Crippen LogP contribution in [0.3, 0.4) is 0 Å². The number of rotatable bonds is 8. The third kappa shape index (κ3) is 6.19. The number of hydrogen-bond donors (Lipinski definition) is 1. The third-order valence-corrected chi connectivity index (χ3v) is 7.73. The van der Waals surface area contributed by atoms with Gasteiger partial charge in [-0.05, 0) is 68.9 Å². The van der Waals surface area contributed by atoms with Crippen LogP contribution in [0.4, 0.5) is 0 Å². The summed E-state index contributed by atoms with van der Waals surface area (Å²) in [6.45, 7) is 3.49. The first-order valence-electron chi connectivity index (χ1n) is 13.1. The normalized spacial score (nSPS) is 16.8. The zero-order chi connectivity index (χ0) is 28.8. The number of carbonyl (C=O) groups excluding carboxylic acids is 1. The van der Waals surface area contributed by atoms with Gasteiger partial charge in [-0.1, -0.05) is 18.2 Å². The Morgan fingerprint density at radius 3 is 2.42 bits per heavy atom. The fourth-order valence-electron chi connectivity index (χ4n) is 4.87. The molecule has 9 nitrogen and oxygen atoms in total. The summed E-state index contributed by atoms with van der Waals surface area (Å²) in [5.41, 5.74) is 9.62. The van der Waals surface area contributed by atoms with Crippen molar-refractivity contribution in [1.29, 1.82) is 10.5 Å². The first-order chi connectivity index (χ1) is 19.3. The van der Waals surface area contributed by atoms with Gasteiger partial charge in [-0.15, -0.1) is 0 Å². The van der Waals surface area contributed by atoms with Crippen LogP contribution in [0.5, 0.6) is 11.5 Å². The van der Waals surface area contributed by atoms with E-state index in [0.717, 1.165) is 43.4 Å². The number of methoxy groups -OCH3 is 2. The lowest BCUT2D eigenvalue weighted by Gasteiger charge is -2.29. The summed E-state index contributed by atoms with van der Waals surface area (Å²) in [5.74, 6) is -0.289. The Hall–Kier alpha value is -4.15. The molecule has 2 aromatic rings. The van der Waals surface area contributed by atoms with Crippen LogP contribution in [0.1, 0.15) is 61.4 Å². The topological polar surface area (TPSA) is 140 Å². The Kier molecular flexibility index (Phi) is 9.23. The highest BCUT2D eigenvalue weighted by Crippen LogP contribution is 2.43. The third-order valence-electron chi connectivity index (χ3n) is 6.74. The van der Waals surface area contributed by atoms with Crippen LogP contribution in [0.25, 0.3) is 0 Å². The number of ether oxygens (including phenoxy) is 4. The average Bonchev–Trinajstić information content (AvgIpc) is 3.18. The van der Waals surface area contributed by atoms with Crippen LogP contribution in [0.2, 0.25) is 0 Å². The van der Waals surface area contributed by atoms with Crippen LogP contribution < -0.4 is 15.2 Å². The second-order valence-electron chi connectivity index (χ2n) is 9.77. The number of aryl methyl sites for hydroxylation is 2. The number of allylic oxidation sites excluding steroid dienone is 1. The van der Waals surface area contributed by atoms with E-state index in [9.17, 15) is 15.3 Å². The molecule has 40 heavy (non-hydrogen) atoms. The van der Waals surface area contributed by atoms with Crippen molar-refractivity contribution in [3.63, 3.8) is 0 Å². The quantitative estimate of drug-likeness (QED) is 0.265. The molecular weight excluding hydrogens is 528 g/mol. The molecule has 1 aliphatic carbocycles. The van der Waals surface area contributed by atoms with Crippen molar-refractivity contribution in [2.75, 3.05) is 20.0 Å². The Bertz CT molecular complexity index is 1430. The lowest BCUT2D eigenvalue weighted by molar-refractivity contribution is -0.143. The standard InChI is InChI=1S/C30H32N4O5S/c1-17(2)38-30(35)27-25(16-40-29-20(14-31)10-18-8-6-5-7-9-24(18)34-29)39-28(33)23(15-32)26(27)19-11-21(36-3)13-22(12-19)37-4/h10-13,17,26H,5-9,16,33H2,1-4H3. The van der Waals surface area contributed by atoms with Gasteiger partial charge in [0.1, 0.15) is 40.0 Å². The second kappa shape index (κ2) is 12.8. The molecule has 1 aliphatic heterocycles. The number of thioether (sulfide) groups is 1. The van der Waals surface area contributed by atoms with E-state index in [1.54, 1.807) is 32.0 Å². The van der Waals surface area contributed by atoms with E-state index >= 15 is 0 Å². The highest BCUT2D eigenvalue weighted by molar-refractivity contribution is 7.99. The molecule has 1 atom stereocenters. The van der Waals surface area contributed by atoms with Gasteiger partial charge in [0.15, 0.2) is 0 Å². The number of nitrogens with zero attached hydrogens (tertiary/aromatic N) is 3. The maximum atomic E-state index is 13.6. The zero-order valence-corrected chi connectivity index (χ0v) is 23.9. The Balaban J connectivity index is 1.81. The molecule has 0 radical (unpaired) electrons. The molecule has 0 spiro atoms. The number of benzene rings is 1. The second-order valence-corrected chi connectivity index (χ2v) is 10.7. The molecule has 208 valence electrons. The molecule has 1 aromatic heterocycles. The molecule has 2 heterocycles.